The molecule has 0 fully saturated rings. The van der Waals surface area contributed by atoms with Crippen LogP contribution in [-0.4, -0.2) is 18.9 Å². The highest BCUT2D eigenvalue weighted by molar-refractivity contribution is 9.10. The van der Waals surface area contributed by atoms with Gasteiger partial charge in [0.05, 0.1) is 12.8 Å². The molecular weight excluding hydrogens is 360 g/mol. The van der Waals surface area contributed by atoms with Crippen molar-refractivity contribution in [2.75, 3.05) is 12.4 Å². The molecule has 0 heterocycles. The molecule has 0 aliphatic heterocycles. The van der Waals surface area contributed by atoms with E-state index in [0.717, 1.165) is 10.0 Å². The predicted octanol–water partition coefficient (Wildman–Crippen LogP) is 3.10. The molecule has 0 aromatic heterocycles. The molecule has 2 N–H and O–H groups in total. The minimum Gasteiger partial charge on any atom is -0.496 e. The van der Waals surface area contributed by atoms with Gasteiger partial charge in [-0.15, -0.1) is 0 Å². The van der Waals surface area contributed by atoms with E-state index in [-0.39, 0.29) is 18.2 Å². The van der Waals surface area contributed by atoms with Crippen LogP contribution < -0.4 is 15.4 Å². The van der Waals surface area contributed by atoms with Gasteiger partial charge in [-0.2, -0.15) is 0 Å². The molecule has 0 radical (unpaired) electrons. The lowest BCUT2D eigenvalue weighted by Gasteiger charge is -2.10. The summed E-state index contributed by atoms with van der Waals surface area (Å²) in [6.45, 7) is 0.311. The number of benzene rings is 2. The monoisotopic (exact) mass is 376 g/mol. The second-order valence-corrected chi connectivity index (χ2v) is 5.65. The molecule has 0 saturated heterocycles. The van der Waals surface area contributed by atoms with Gasteiger partial charge in [-0.05, 0) is 34.1 Å². The fourth-order valence-corrected chi connectivity index (χ4v) is 2.39. The molecule has 0 aliphatic carbocycles. The van der Waals surface area contributed by atoms with Gasteiger partial charge in [0.1, 0.15) is 12.2 Å². The maximum Gasteiger partial charge on any atom is 0.233 e. The van der Waals surface area contributed by atoms with Gasteiger partial charge in [0, 0.05) is 16.6 Å². The summed E-state index contributed by atoms with van der Waals surface area (Å²) in [6.07, 6.45) is -0.240. The molecule has 120 valence electrons. The summed E-state index contributed by atoms with van der Waals surface area (Å²) in [7, 11) is 1.58. The SMILES string of the molecule is COc1ccccc1CNC(=O)CC(=O)Nc1ccccc1Br. The molecule has 0 spiro atoms. The van der Waals surface area contributed by atoms with Gasteiger partial charge in [-0.25, -0.2) is 0 Å². The first-order valence-electron chi connectivity index (χ1n) is 7.03. The van der Waals surface area contributed by atoms with Gasteiger partial charge >= 0.3 is 0 Å². The predicted molar refractivity (Wildman–Crippen MR) is 92.2 cm³/mol. The fourth-order valence-electron chi connectivity index (χ4n) is 2.01. The number of anilines is 1. The summed E-state index contributed by atoms with van der Waals surface area (Å²) >= 11 is 3.34. The number of ether oxygens (including phenoxy) is 1. The third kappa shape index (κ3) is 5.10. The van der Waals surface area contributed by atoms with Crippen LogP contribution in [0.2, 0.25) is 0 Å². The van der Waals surface area contributed by atoms with Gasteiger partial charge < -0.3 is 15.4 Å². The second-order valence-electron chi connectivity index (χ2n) is 4.79. The largest absolute Gasteiger partial charge is 0.496 e. The van der Waals surface area contributed by atoms with E-state index in [1.165, 1.54) is 0 Å². The molecule has 6 heteroatoms. The summed E-state index contributed by atoms with van der Waals surface area (Å²) in [5.74, 6) is -0.0136. The van der Waals surface area contributed by atoms with Crippen molar-refractivity contribution < 1.29 is 14.3 Å². The fraction of sp³-hybridized carbons (Fsp3) is 0.176. The van der Waals surface area contributed by atoms with Crippen molar-refractivity contribution in [3.05, 3.63) is 58.6 Å². The Labute approximate surface area is 143 Å². The van der Waals surface area contributed by atoms with Gasteiger partial charge in [-0.1, -0.05) is 30.3 Å². The van der Waals surface area contributed by atoms with Crippen molar-refractivity contribution in [3.63, 3.8) is 0 Å². The number of rotatable bonds is 6. The summed E-state index contributed by atoms with van der Waals surface area (Å²) in [4.78, 5) is 23.8. The first-order chi connectivity index (χ1) is 11.1. The summed E-state index contributed by atoms with van der Waals surface area (Å²) in [6, 6.07) is 14.6. The van der Waals surface area contributed by atoms with E-state index in [9.17, 15) is 9.59 Å². The molecule has 2 aromatic rings. The van der Waals surface area contributed by atoms with E-state index in [0.29, 0.717) is 18.0 Å². The number of methoxy groups -OCH3 is 1. The Balaban J connectivity index is 1.85. The normalized spacial score (nSPS) is 10.0. The second kappa shape index (κ2) is 8.33. The molecule has 0 aliphatic rings. The minimum atomic E-state index is -0.366. The standard InChI is InChI=1S/C17H17BrN2O3/c1-23-15-9-5-2-6-12(15)11-19-16(21)10-17(22)20-14-8-4-3-7-13(14)18/h2-9H,10-11H2,1H3,(H,19,21)(H,20,22). The molecule has 0 bridgehead atoms. The maximum absolute atomic E-state index is 11.9. The van der Waals surface area contributed by atoms with Crippen LogP contribution in [0.4, 0.5) is 5.69 Å². The van der Waals surface area contributed by atoms with Crippen LogP contribution in [0, 0.1) is 0 Å². The van der Waals surface area contributed by atoms with Crippen LogP contribution in [0.5, 0.6) is 5.75 Å². The number of halogens is 1. The number of hydrogen-bond donors (Lipinski definition) is 2. The van der Waals surface area contributed by atoms with Crippen molar-refractivity contribution in [3.8, 4) is 5.75 Å². The zero-order valence-electron chi connectivity index (χ0n) is 12.6. The van der Waals surface area contributed by atoms with Crippen LogP contribution in [0.15, 0.2) is 53.0 Å². The number of nitrogens with one attached hydrogen (secondary N) is 2. The lowest BCUT2D eigenvalue weighted by atomic mass is 10.2. The third-order valence-electron chi connectivity index (χ3n) is 3.14. The Morgan fingerprint density at radius 3 is 2.48 bits per heavy atom. The van der Waals surface area contributed by atoms with E-state index < -0.39 is 0 Å². The van der Waals surface area contributed by atoms with Gasteiger partial charge in [0.15, 0.2) is 0 Å². The molecule has 2 aromatic carbocycles. The van der Waals surface area contributed by atoms with Gasteiger partial charge in [-0.3, -0.25) is 9.59 Å². The number of carbonyl (C=O) groups is 2. The van der Waals surface area contributed by atoms with Crippen molar-refractivity contribution in [2.45, 2.75) is 13.0 Å². The Bertz CT molecular complexity index is 704. The van der Waals surface area contributed by atoms with Gasteiger partial charge in [0.25, 0.3) is 0 Å². The Hall–Kier alpha value is -2.34. The van der Waals surface area contributed by atoms with Crippen LogP contribution in [0.25, 0.3) is 0 Å². The van der Waals surface area contributed by atoms with Gasteiger partial charge in [0.2, 0.25) is 11.8 Å². The van der Waals surface area contributed by atoms with E-state index in [4.69, 9.17) is 4.74 Å². The topological polar surface area (TPSA) is 67.4 Å². The van der Waals surface area contributed by atoms with Crippen LogP contribution in [0.3, 0.4) is 0 Å². The van der Waals surface area contributed by atoms with Crippen molar-refractivity contribution in [1.82, 2.24) is 5.32 Å². The molecular formula is C17H17BrN2O3. The Morgan fingerprint density at radius 1 is 1.04 bits per heavy atom. The lowest BCUT2D eigenvalue weighted by molar-refractivity contribution is -0.126. The minimum absolute atomic E-state index is 0.240. The lowest BCUT2D eigenvalue weighted by Crippen LogP contribution is -2.28. The Kier molecular flexibility index (Phi) is 6.17. The van der Waals surface area contributed by atoms with E-state index in [2.05, 4.69) is 26.6 Å². The first-order valence-corrected chi connectivity index (χ1v) is 7.82. The van der Waals surface area contributed by atoms with E-state index >= 15 is 0 Å². The number of amides is 2. The maximum atomic E-state index is 11.9. The molecule has 2 rings (SSSR count). The zero-order valence-corrected chi connectivity index (χ0v) is 14.2. The number of carbonyl (C=O) groups excluding carboxylic acids is 2. The molecule has 0 atom stereocenters. The summed E-state index contributed by atoms with van der Waals surface area (Å²) in [5, 5.41) is 5.40. The molecule has 5 nitrogen and oxygen atoms in total. The Morgan fingerprint density at radius 2 is 1.74 bits per heavy atom. The average Bonchev–Trinajstić information content (AvgIpc) is 2.55. The number of para-hydroxylation sites is 2. The van der Waals surface area contributed by atoms with Crippen LogP contribution in [-0.2, 0) is 16.1 Å². The van der Waals surface area contributed by atoms with Crippen LogP contribution >= 0.6 is 15.9 Å². The highest BCUT2D eigenvalue weighted by Crippen LogP contribution is 2.21. The highest BCUT2D eigenvalue weighted by Gasteiger charge is 2.11. The van der Waals surface area contributed by atoms with Crippen molar-refractivity contribution >= 4 is 33.4 Å². The molecule has 2 amide bonds. The van der Waals surface area contributed by atoms with E-state index in [1.54, 1.807) is 13.2 Å². The quantitative estimate of drug-likeness (QED) is 0.761. The molecule has 0 unspecified atom stereocenters. The smallest absolute Gasteiger partial charge is 0.233 e. The summed E-state index contributed by atoms with van der Waals surface area (Å²) < 4.78 is 5.98. The molecule has 0 saturated carbocycles. The van der Waals surface area contributed by atoms with E-state index in [1.807, 2.05) is 42.5 Å². The van der Waals surface area contributed by atoms with Crippen LogP contribution in [0.1, 0.15) is 12.0 Å². The first kappa shape index (κ1) is 17.0. The summed E-state index contributed by atoms with van der Waals surface area (Å²) in [5.41, 5.74) is 1.49. The van der Waals surface area contributed by atoms with Crippen molar-refractivity contribution in [1.29, 1.82) is 0 Å². The zero-order chi connectivity index (χ0) is 16.7. The molecule has 23 heavy (non-hydrogen) atoms. The number of hydrogen-bond acceptors (Lipinski definition) is 3. The van der Waals surface area contributed by atoms with Crippen molar-refractivity contribution in [2.24, 2.45) is 0 Å². The third-order valence-corrected chi connectivity index (χ3v) is 3.83. The highest BCUT2D eigenvalue weighted by atomic mass is 79.9. The average molecular weight is 377 g/mol.